The fourth-order valence-electron chi connectivity index (χ4n) is 3.45. The molecule has 0 bridgehead atoms. The van der Waals surface area contributed by atoms with Crippen LogP contribution in [0.25, 0.3) is 5.76 Å². The Morgan fingerprint density at radius 2 is 1.81 bits per heavy atom. The Hall–Kier alpha value is -3.85. The van der Waals surface area contributed by atoms with Gasteiger partial charge >= 0.3 is 5.91 Å². The monoisotopic (exact) mass is 479 g/mol. The van der Waals surface area contributed by atoms with Crippen LogP contribution in [0, 0.1) is 10.1 Å². The number of aliphatic hydroxyl groups excluding tert-OH is 1. The van der Waals surface area contributed by atoms with Crippen molar-refractivity contribution >= 4 is 44.9 Å². The molecule has 1 unspecified atom stereocenters. The van der Waals surface area contributed by atoms with Gasteiger partial charge in [0.2, 0.25) is 0 Å². The van der Waals surface area contributed by atoms with E-state index in [1.165, 1.54) is 24.4 Å². The van der Waals surface area contributed by atoms with E-state index in [0.29, 0.717) is 11.1 Å². The van der Waals surface area contributed by atoms with Crippen LogP contribution in [0.15, 0.2) is 83.0 Å². The number of nitro groups is 1. The number of pyridine rings is 1. The fraction of sp³-hybridized carbons (Fsp3) is 0.0455. The Balaban J connectivity index is 1.96. The summed E-state index contributed by atoms with van der Waals surface area (Å²) in [5, 5.41) is 22.3. The molecule has 2 aromatic carbocycles. The molecule has 1 saturated heterocycles. The van der Waals surface area contributed by atoms with Gasteiger partial charge in [-0.25, -0.2) is 4.98 Å². The second-order valence-electron chi connectivity index (χ2n) is 6.72. The molecule has 31 heavy (non-hydrogen) atoms. The standard InChI is InChI=1S/C22H14BrN3O5/c23-15-9-7-13(8-10-15)20(27)18-19(14-4-3-5-16(12-14)26(30)31)25(22(29)21(18)28)17-6-1-2-11-24-17/h1-12,19,27H. The van der Waals surface area contributed by atoms with E-state index in [1.807, 2.05) is 0 Å². The highest BCUT2D eigenvalue weighted by atomic mass is 79.9. The number of rotatable bonds is 4. The number of aliphatic hydroxyl groups is 1. The molecule has 154 valence electrons. The van der Waals surface area contributed by atoms with Crippen LogP contribution in [0.1, 0.15) is 17.2 Å². The Morgan fingerprint density at radius 1 is 1.06 bits per heavy atom. The van der Waals surface area contributed by atoms with Gasteiger partial charge in [0.05, 0.1) is 16.5 Å². The number of anilines is 1. The molecule has 0 saturated carbocycles. The first-order valence-electron chi connectivity index (χ1n) is 9.11. The molecular formula is C22H14BrN3O5. The molecule has 0 aliphatic carbocycles. The molecule has 0 radical (unpaired) electrons. The van der Waals surface area contributed by atoms with E-state index in [4.69, 9.17) is 0 Å². The van der Waals surface area contributed by atoms with Crippen LogP contribution in [-0.2, 0) is 9.59 Å². The van der Waals surface area contributed by atoms with Gasteiger partial charge in [-0.15, -0.1) is 0 Å². The number of non-ortho nitro benzene ring substituents is 1. The Morgan fingerprint density at radius 3 is 2.45 bits per heavy atom. The highest BCUT2D eigenvalue weighted by Gasteiger charge is 2.47. The molecule has 1 atom stereocenters. The third-order valence-electron chi connectivity index (χ3n) is 4.85. The number of amides is 1. The normalized spacial score (nSPS) is 17.7. The molecule has 3 aromatic rings. The summed E-state index contributed by atoms with van der Waals surface area (Å²) in [6.45, 7) is 0. The number of aromatic nitrogens is 1. The van der Waals surface area contributed by atoms with E-state index in [-0.39, 0.29) is 22.8 Å². The Labute approximate surface area is 184 Å². The average molecular weight is 480 g/mol. The molecule has 1 aliphatic heterocycles. The molecular weight excluding hydrogens is 466 g/mol. The van der Waals surface area contributed by atoms with Crippen LogP contribution in [0.2, 0.25) is 0 Å². The number of benzene rings is 2. The predicted octanol–water partition coefficient (Wildman–Crippen LogP) is 4.38. The largest absolute Gasteiger partial charge is 0.507 e. The maximum absolute atomic E-state index is 13.0. The van der Waals surface area contributed by atoms with Gasteiger partial charge in [-0.2, -0.15) is 0 Å². The van der Waals surface area contributed by atoms with Gasteiger partial charge in [-0.05, 0) is 29.8 Å². The highest BCUT2D eigenvalue weighted by Crippen LogP contribution is 2.42. The van der Waals surface area contributed by atoms with E-state index >= 15 is 0 Å². The van der Waals surface area contributed by atoms with E-state index in [9.17, 15) is 24.8 Å². The van der Waals surface area contributed by atoms with Gasteiger partial charge in [-0.1, -0.05) is 46.3 Å². The van der Waals surface area contributed by atoms with Crippen molar-refractivity contribution in [3.8, 4) is 0 Å². The summed E-state index contributed by atoms with van der Waals surface area (Å²) in [6.07, 6.45) is 1.47. The first-order chi connectivity index (χ1) is 14.9. The summed E-state index contributed by atoms with van der Waals surface area (Å²) < 4.78 is 0.772. The number of halogens is 1. The maximum Gasteiger partial charge on any atom is 0.301 e. The molecule has 0 spiro atoms. The number of nitrogens with zero attached hydrogens (tertiary/aromatic N) is 3. The van der Waals surface area contributed by atoms with Gasteiger partial charge in [0.25, 0.3) is 11.5 Å². The minimum atomic E-state index is -1.08. The molecule has 9 heteroatoms. The van der Waals surface area contributed by atoms with E-state index < -0.39 is 22.7 Å². The quantitative estimate of drug-likeness (QED) is 0.195. The van der Waals surface area contributed by atoms with Gasteiger partial charge in [-0.3, -0.25) is 24.6 Å². The second kappa shape index (κ2) is 8.11. The number of Topliss-reactive ketones (excluding diaryl/α,β-unsaturated/α-hetero) is 1. The molecule has 8 nitrogen and oxygen atoms in total. The van der Waals surface area contributed by atoms with Gasteiger partial charge in [0.1, 0.15) is 11.6 Å². The number of ketones is 1. The van der Waals surface area contributed by atoms with Crippen LogP contribution in [0.5, 0.6) is 0 Å². The lowest BCUT2D eigenvalue weighted by Crippen LogP contribution is -2.30. The van der Waals surface area contributed by atoms with Crippen molar-refractivity contribution in [2.24, 2.45) is 0 Å². The van der Waals surface area contributed by atoms with Crippen molar-refractivity contribution < 1.29 is 19.6 Å². The van der Waals surface area contributed by atoms with Gasteiger partial charge < -0.3 is 5.11 Å². The SMILES string of the molecule is O=C1C(=O)N(c2ccccn2)C(c2cccc([N+](=O)[O-])c2)C1=C(O)c1ccc(Br)cc1. The lowest BCUT2D eigenvalue weighted by Gasteiger charge is -2.24. The third kappa shape index (κ3) is 3.71. The number of nitro benzene ring substituents is 1. The fourth-order valence-corrected chi connectivity index (χ4v) is 3.72. The van der Waals surface area contributed by atoms with Crippen LogP contribution in [-0.4, -0.2) is 26.7 Å². The van der Waals surface area contributed by atoms with E-state index in [0.717, 1.165) is 9.37 Å². The smallest absolute Gasteiger partial charge is 0.301 e. The summed E-state index contributed by atoms with van der Waals surface area (Å²) in [5.41, 5.74) is 0.265. The Bertz CT molecular complexity index is 1230. The van der Waals surface area contributed by atoms with Gasteiger partial charge in [0, 0.05) is 28.4 Å². The molecule has 1 aliphatic rings. The maximum atomic E-state index is 13.0. The lowest BCUT2D eigenvalue weighted by molar-refractivity contribution is -0.384. The number of carbonyl (C=O) groups is 2. The van der Waals surface area contributed by atoms with Crippen LogP contribution in [0.4, 0.5) is 11.5 Å². The minimum absolute atomic E-state index is 0.168. The first kappa shape index (κ1) is 20.4. The highest BCUT2D eigenvalue weighted by molar-refractivity contribution is 9.10. The molecule has 2 heterocycles. The third-order valence-corrected chi connectivity index (χ3v) is 5.38. The van der Waals surface area contributed by atoms with E-state index in [1.54, 1.807) is 48.5 Å². The summed E-state index contributed by atoms with van der Waals surface area (Å²) in [6, 6.07) is 16.0. The minimum Gasteiger partial charge on any atom is -0.507 e. The zero-order valence-corrected chi connectivity index (χ0v) is 17.4. The topological polar surface area (TPSA) is 114 Å². The summed E-state index contributed by atoms with van der Waals surface area (Å²) in [4.78, 5) is 42.0. The lowest BCUT2D eigenvalue weighted by atomic mass is 9.95. The number of hydrogen-bond acceptors (Lipinski definition) is 6. The molecule has 1 N–H and O–H groups in total. The predicted molar refractivity (Wildman–Crippen MR) is 116 cm³/mol. The summed E-state index contributed by atoms with van der Waals surface area (Å²) >= 11 is 3.31. The average Bonchev–Trinajstić information content (AvgIpc) is 3.05. The Kier molecular flexibility index (Phi) is 5.35. The van der Waals surface area contributed by atoms with Gasteiger partial charge in [0.15, 0.2) is 0 Å². The zero-order valence-electron chi connectivity index (χ0n) is 15.8. The summed E-state index contributed by atoms with van der Waals surface area (Å²) in [5.74, 6) is -1.96. The van der Waals surface area contributed by atoms with Crippen molar-refractivity contribution in [3.63, 3.8) is 0 Å². The second-order valence-corrected chi connectivity index (χ2v) is 7.63. The molecule has 1 aromatic heterocycles. The van der Waals surface area contributed by atoms with Crippen LogP contribution < -0.4 is 4.90 Å². The first-order valence-corrected chi connectivity index (χ1v) is 9.90. The van der Waals surface area contributed by atoms with Crippen LogP contribution in [0.3, 0.4) is 0 Å². The number of carbonyl (C=O) groups excluding carboxylic acids is 2. The zero-order chi connectivity index (χ0) is 22.1. The molecule has 4 rings (SSSR count). The van der Waals surface area contributed by atoms with Crippen molar-refractivity contribution in [2.75, 3.05) is 4.90 Å². The molecule has 1 amide bonds. The summed E-state index contributed by atoms with van der Waals surface area (Å²) in [7, 11) is 0. The van der Waals surface area contributed by atoms with Crippen molar-refractivity contribution in [3.05, 3.63) is 104 Å². The van der Waals surface area contributed by atoms with Crippen LogP contribution >= 0.6 is 15.9 Å². The van der Waals surface area contributed by atoms with Crippen molar-refractivity contribution in [1.29, 1.82) is 0 Å². The van der Waals surface area contributed by atoms with Crippen molar-refractivity contribution in [2.45, 2.75) is 6.04 Å². The number of hydrogen-bond donors (Lipinski definition) is 1. The van der Waals surface area contributed by atoms with E-state index in [2.05, 4.69) is 20.9 Å². The van der Waals surface area contributed by atoms with Crippen molar-refractivity contribution in [1.82, 2.24) is 4.98 Å². The molecule has 1 fully saturated rings.